The van der Waals surface area contributed by atoms with Crippen molar-refractivity contribution in [1.82, 2.24) is 4.90 Å². The second-order valence-electron chi connectivity index (χ2n) is 4.82. The van der Waals surface area contributed by atoms with Gasteiger partial charge in [0, 0.05) is 19.2 Å². The van der Waals surface area contributed by atoms with E-state index < -0.39 is 12.1 Å². The van der Waals surface area contributed by atoms with Gasteiger partial charge in [0.15, 0.2) is 6.10 Å². The highest BCUT2D eigenvalue weighted by Gasteiger charge is 2.29. The maximum atomic E-state index is 12.4. The molecule has 1 aromatic rings. The maximum Gasteiger partial charge on any atom is 0.334 e. The molecule has 0 spiro atoms. The fraction of sp³-hybridized carbons (Fsp3) is 0.467. The lowest BCUT2D eigenvalue weighted by atomic mass is 10.1. The quantitative estimate of drug-likeness (QED) is 0.776. The number of carboxylic acids is 1. The molecule has 0 radical (unpaired) electrons. The predicted molar refractivity (Wildman–Crippen MR) is 77.1 cm³/mol. The van der Waals surface area contributed by atoms with Crippen LogP contribution in [0.3, 0.4) is 0 Å². The smallest absolute Gasteiger partial charge is 0.334 e. The molecule has 1 amide bonds. The number of amides is 1. The average molecular weight is 309 g/mol. The van der Waals surface area contributed by atoms with Crippen molar-refractivity contribution in [1.29, 1.82) is 0 Å². The van der Waals surface area contributed by atoms with E-state index >= 15 is 0 Å². The molecule has 120 valence electrons. The molecule has 1 unspecified atom stereocenters. The minimum absolute atomic E-state index is 0.0446. The summed E-state index contributed by atoms with van der Waals surface area (Å²) >= 11 is 0. The standard InChI is InChI=1S/C15H19NO6/c1-20-7-8-21-12-4-2-3-11(9-12)14(17)16-5-6-22-13(10-16)15(18)19/h2-4,9,13H,5-8,10H2,1H3,(H,18,19). The number of carbonyl (C=O) groups excluding carboxylic acids is 1. The van der Waals surface area contributed by atoms with E-state index in [1.54, 1.807) is 31.4 Å². The van der Waals surface area contributed by atoms with Crippen LogP contribution in [0.15, 0.2) is 24.3 Å². The molecule has 7 heteroatoms. The van der Waals surface area contributed by atoms with Crippen LogP contribution in [0.1, 0.15) is 10.4 Å². The Morgan fingerprint density at radius 1 is 1.41 bits per heavy atom. The lowest BCUT2D eigenvalue weighted by Gasteiger charge is -2.31. The second kappa shape index (κ2) is 7.77. The van der Waals surface area contributed by atoms with E-state index in [4.69, 9.17) is 19.3 Å². The van der Waals surface area contributed by atoms with E-state index in [2.05, 4.69) is 0 Å². The molecule has 1 heterocycles. The van der Waals surface area contributed by atoms with Crippen LogP contribution in [0.2, 0.25) is 0 Å². The first-order chi connectivity index (χ1) is 10.6. The fourth-order valence-corrected chi connectivity index (χ4v) is 2.13. The maximum absolute atomic E-state index is 12.4. The number of hydrogen-bond acceptors (Lipinski definition) is 5. The molecule has 1 aliphatic heterocycles. The Bertz CT molecular complexity index is 533. The molecule has 7 nitrogen and oxygen atoms in total. The minimum Gasteiger partial charge on any atom is -0.491 e. The van der Waals surface area contributed by atoms with Crippen molar-refractivity contribution < 1.29 is 28.9 Å². The Labute approximate surface area is 128 Å². The highest BCUT2D eigenvalue weighted by molar-refractivity contribution is 5.95. The van der Waals surface area contributed by atoms with E-state index in [-0.39, 0.29) is 19.1 Å². The summed E-state index contributed by atoms with van der Waals surface area (Å²) in [4.78, 5) is 24.9. The van der Waals surface area contributed by atoms with Gasteiger partial charge in [-0.15, -0.1) is 0 Å². The van der Waals surface area contributed by atoms with Crippen LogP contribution >= 0.6 is 0 Å². The lowest BCUT2D eigenvalue weighted by molar-refractivity contribution is -0.154. The van der Waals surface area contributed by atoms with Gasteiger partial charge in [0.25, 0.3) is 5.91 Å². The number of aliphatic carboxylic acids is 1. The third kappa shape index (κ3) is 4.19. The van der Waals surface area contributed by atoms with E-state index in [1.165, 1.54) is 4.90 Å². The molecular weight excluding hydrogens is 290 g/mol. The summed E-state index contributed by atoms with van der Waals surface area (Å²) in [7, 11) is 1.58. The molecule has 0 aromatic heterocycles. The molecule has 1 N–H and O–H groups in total. The zero-order valence-corrected chi connectivity index (χ0v) is 12.4. The summed E-state index contributed by atoms with van der Waals surface area (Å²) in [5, 5.41) is 8.98. The van der Waals surface area contributed by atoms with Gasteiger partial charge in [-0.25, -0.2) is 4.79 Å². The molecule has 0 aliphatic carbocycles. The number of carboxylic acid groups (broad SMARTS) is 1. The molecule has 1 aromatic carbocycles. The third-order valence-electron chi connectivity index (χ3n) is 3.27. The predicted octanol–water partition coefficient (Wildman–Crippen LogP) is 0.637. The van der Waals surface area contributed by atoms with Crippen LogP contribution < -0.4 is 4.74 Å². The van der Waals surface area contributed by atoms with E-state index in [0.717, 1.165) is 0 Å². The van der Waals surface area contributed by atoms with Gasteiger partial charge in [0.1, 0.15) is 12.4 Å². The van der Waals surface area contributed by atoms with Gasteiger partial charge in [0.05, 0.1) is 19.8 Å². The first-order valence-corrected chi connectivity index (χ1v) is 6.97. The van der Waals surface area contributed by atoms with Gasteiger partial charge in [-0.1, -0.05) is 6.07 Å². The number of benzene rings is 1. The Morgan fingerprint density at radius 2 is 2.23 bits per heavy atom. The lowest BCUT2D eigenvalue weighted by Crippen LogP contribution is -2.48. The fourth-order valence-electron chi connectivity index (χ4n) is 2.13. The van der Waals surface area contributed by atoms with Gasteiger partial charge in [-0.2, -0.15) is 0 Å². The molecule has 0 bridgehead atoms. The molecule has 1 atom stereocenters. The number of rotatable bonds is 6. The van der Waals surface area contributed by atoms with E-state index in [0.29, 0.717) is 31.1 Å². The van der Waals surface area contributed by atoms with Crippen molar-refractivity contribution in [3.8, 4) is 5.75 Å². The molecule has 1 fully saturated rings. The van der Waals surface area contributed by atoms with Crippen molar-refractivity contribution in [2.24, 2.45) is 0 Å². The number of methoxy groups -OCH3 is 1. The number of morpholine rings is 1. The van der Waals surface area contributed by atoms with Gasteiger partial charge < -0.3 is 24.2 Å². The first-order valence-electron chi connectivity index (χ1n) is 6.97. The van der Waals surface area contributed by atoms with E-state index in [1.807, 2.05) is 0 Å². The monoisotopic (exact) mass is 309 g/mol. The Balaban J connectivity index is 2.02. The topological polar surface area (TPSA) is 85.3 Å². The van der Waals surface area contributed by atoms with Crippen LogP contribution in [0, 0.1) is 0 Å². The van der Waals surface area contributed by atoms with Gasteiger partial charge in [-0.05, 0) is 18.2 Å². The Kier molecular flexibility index (Phi) is 5.74. The van der Waals surface area contributed by atoms with Crippen LogP contribution in [0.5, 0.6) is 5.75 Å². The van der Waals surface area contributed by atoms with Crippen molar-refractivity contribution in [2.45, 2.75) is 6.10 Å². The highest BCUT2D eigenvalue weighted by atomic mass is 16.5. The number of hydrogen-bond donors (Lipinski definition) is 1. The van der Waals surface area contributed by atoms with Crippen molar-refractivity contribution >= 4 is 11.9 Å². The summed E-state index contributed by atoms with van der Waals surface area (Å²) in [6, 6.07) is 6.80. The molecule has 2 rings (SSSR count). The average Bonchev–Trinajstić information content (AvgIpc) is 2.55. The SMILES string of the molecule is COCCOc1cccc(C(=O)N2CCOC(C(=O)O)C2)c1. The first kappa shape index (κ1) is 16.3. The summed E-state index contributed by atoms with van der Waals surface area (Å²) in [6.45, 7) is 1.49. The van der Waals surface area contributed by atoms with Gasteiger partial charge >= 0.3 is 5.97 Å². The summed E-state index contributed by atoms with van der Waals surface area (Å²) in [6.07, 6.45) is -0.973. The van der Waals surface area contributed by atoms with Crippen molar-refractivity contribution in [3.63, 3.8) is 0 Å². The molecule has 1 aliphatic rings. The van der Waals surface area contributed by atoms with Crippen LogP contribution in [-0.4, -0.2) is 68.0 Å². The summed E-state index contributed by atoms with van der Waals surface area (Å²) < 4.78 is 15.5. The molecular formula is C15H19NO6. The normalized spacial score (nSPS) is 18.0. The van der Waals surface area contributed by atoms with Crippen molar-refractivity contribution in [2.75, 3.05) is 40.0 Å². The van der Waals surface area contributed by atoms with Crippen LogP contribution in [-0.2, 0) is 14.3 Å². The largest absolute Gasteiger partial charge is 0.491 e. The minimum atomic E-state index is -1.06. The Morgan fingerprint density at radius 3 is 2.95 bits per heavy atom. The summed E-state index contributed by atoms with van der Waals surface area (Å²) in [5.41, 5.74) is 0.459. The van der Waals surface area contributed by atoms with Gasteiger partial charge in [0.2, 0.25) is 0 Å². The molecule has 22 heavy (non-hydrogen) atoms. The number of nitrogens with zero attached hydrogens (tertiary/aromatic N) is 1. The zero-order chi connectivity index (χ0) is 15.9. The molecule has 1 saturated heterocycles. The zero-order valence-electron chi connectivity index (χ0n) is 12.4. The number of carbonyl (C=O) groups is 2. The number of ether oxygens (including phenoxy) is 3. The molecule has 0 saturated carbocycles. The van der Waals surface area contributed by atoms with Crippen LogP contribution in [0.4, 0.5) is 0 Å². The highest BCUT2D eigenvalue weighted by Crippen LogP contribution is 2.17. The van der Waals surface area contributed by atoms with E-state index in [9.17, 15) is 9.59 Å². The second-order valence-corrected chi connectivity index (χ2v) is 4.82. The van der Waals surface area contributed by atoms with Crippen molar-refractivity contribution in [3.05, 3.63) is 29.8 Å². The summed E-state index contributed by atoms with van der Waals surface area (Å²) in [5.74, 6) is -0.716. The third-order valence-corrected chi connectivity index (χ3v) is 3.27. The van der Waals surface area contributed by atoms with Crippen LogP contribution in [0.25, 0.3) is 0 Å². The van der Waals surface area contributed by atoms with Gasteiger partial charge in [-0.3, -0.25) is 4.79 Å². The Hall–Kier alpha value is -2.12.